The van der Waals surface area contributed by atoms with Gasteiger partial charge in [0.25, 0.3) is 0 Å². The van der Waals surface area contributed by atoms with Gasteiger partial charge in [0.15, 0.2) is 0 Å². The van der Waals surface area contributed by atoms with E-state index in [1.165, 1.54) is 0 Å². The van der Waals surface area contributed by atoms with Crippen molar-refractivity contribution >= 4 is 41.9 Å². The van der Waals surface area contributed by atoms with Crippen molar-refractivity contribution in [3.8, 4) is 0 Å². The number of benzene rings is 1. The summed E-state index contributed by atoms with van der Waals surface area (Å²) in [6.07, 6.45) is 4.18. The van der Waals surface area contributed by atoms with Crippen LogP contribution in [0.4, 0.5) is 0 Å². The first-order valence-electron chi connectivity index (χ1n) is 5.88. The molecule has 0 saturated heterocycles. The maximum absolute atomic E-state index is 12.0. The van der Waals surface area contributed by atoms with Gasteiger partial charge in [0.2, 0.25) is 10.0 Å². The van der Waals surface area contributed by atoms with Gasteiger partial charge in [-0.1, -0.05) is 40.9 Å². The predicted octanol–water partition coefficient (Wildman–Crippen LogP) is 3.68. The summed E-state index contributed by atoms with van der Waals surface area (Å²) in [7, 11) is -3.39. The molecule has 1 rings (SSSR count). The van der Waals surface area contributed by atoms with E-state index in [9.17, 15) is 8.42 Å². The van der Waals surface area contributed by atoms with Crippen LogP contribution in [0.3, 0.4) is 0 Å². The Morgan fingerprint density at radius 2 is 1.72 bits per heavy atom. The Labute approximate surface area is 126 Å². The number of rotatable bonds is 8. The highest BCUT2D eigenvalue weighted by molar-refractivity contribution is 9.10. The number of unbranched alkanes of at least 4 members (excludes halogenated alkanes) is 3. The molecule has 0 spiro atoms. The summed E-state index contributed by atoms with van der Waals surface area (Å²) in [4.78, 5) is 0.297. The molecule has 1 aromatic rings. The van der Waals surface area contributed by atoms with Crippen LogP contribution in [0.1, 0.15) is 25.7 Å². The van der Waals surface area contributed by atoms with Crippen LogP contribution < -0.4 is 4.72 Å². The van der Waals surface area contributed by atoms with E-state index in [0.717, 1.165) is 31.0 Å². The molecule has 102 valence electrons. The van der Waals surface area contributed by atoms with Gasteiger partial charge in [-0.25, -0.2) is 13.1 Å². The van der Waals surface area contributed by atoms with Crippen molar-refractivity contribution in [2.75, 3.05) is 11.9 Å². The van der Waals surface area contributed by atoms with Crippen LogP contribution in [-0.2, 0) is 10.0 Å². The van der Waals surface area contributed by atoms with Gasteiger partial charge in [0, 0.05) is 16.3 Å². The van der Waals surface area contributed by atoms with Crippen LogP contribution in [0.5, 0.6) is 0 Å². The molecule has 0 fully saturated rings. The number of hydrogen-bond donors (Lipinski definition) is 1. The summed E-state index contributed by atoms with van der Waals surface area (Å²) < 4.78 is 27.2. The third kappa shape index (κ3) is 5.38. The number of alkyl halides is 1. The zero-order valence-corrected chi connectivity index (χ0v) is 14.0. The third-order valence-electron chi connectivity index (χ3n) is 2.48. The molecule has 0 saturated carbocycles. The molecule has 0 atom stereocenters. The number of sulfonamides is 1. The lowest BCUT2D eigenvalue weighted by Gasteiger charge is -2.08. The molecule has 0 unspecified atom stereocenters. The summed E-state index contributed by atoms with van der Waals surface area (Å²) in [5.74, 6) is 0. The average Bonchev–Trinajstić information content (AvgIpc) is 2.34. The van der Waals surface area contributed by atoms with Crippen molar-refractivity contribution in [2.24, 2.45) is 0 Å². The minimum absolute atomic E-state index is 0.297. The molecular weight excluding hydrogens is 382 g/mol. The lowest BCUT2D eigenvalue weighted by molar-refractivity contribution is 0.573. The van der Waals surface area contributed by atoms with E-state index < -0.39 is 10.0 Å². The van der Waals surface area contributed by atoms with Crippen molar-refractivity contribution in [1.29, 1.82) is 0 Å². The molecule has 0 aromatic heterocycles. The topological polar surface area (TPSA) is 46.2 Å². The van der Waals surface area contributed by atoms with Gasteiger partial charge >= 0.3 is 0 Å². The first-order valence-corrected chi connectivity index (χ1v) is 9.28. The highest BCUT2D eigenvalue weighted by atomic mass is 79.9. The molecule has 18 heavy (non-hydrogen) atoms. The van der Waals surface area contributed by atoms with E-state index in [1.807, 2.05) is 0 Å². The summed E-state index contributed by atoms with van der Waals surface area (Å²) >= 11 is 6.62. The maximum Gasteiger partial charge on any atom is 0.241 e. The first kappa shape index (κ1) is 16.1. The Morgan fingerprint density at radius 1 is 1.06 bits per heavy atom. The Morgan fingerprint density at radius 3 is 2.39 bits per heavy atom. The molecule has 0 bridgehead atoms. The highest BCUT2D eigenvalue weighted by Crippen LogP contribution is 2.20. The standard InChI is InChI=1S/C12H17Br2NO2S/c13-9-5-1-2-6-10-15-18(16,17)12-8-4-3-7-11(12)14/h3-4,7-8,15H,1-2,5-6,9-10H2. The molecule has 3 nitrogen and oxygen atoms in total. The van der Waals surface area contributed by atoms with E-state index in [4.69, 9.17) is 0 Å². The second-order valence-electron chi connectivity index (χ2n) is 3.93. The summed E-state index contributed by atoms with van der Waals surface area (Å²) in [5.41, 5.74) is 0. The number of nitrogens with one attached hydrogen (secondary N) is 1. The van der Waals surface area contributed by atoms with Crippen LogP contribution in [0.15, 0.2) is 33.6 Å². The molecule has 6 heteroatoms. The van der Waals surface area contributed by atoms with E-state index in [1.54, 1.807) is 24.3 Å². The van der Waals surface area contributed by atoms with Gasteiger partial charge in [-0.15, -0.1) is 0 Å². The molecule has 0 aliphatic carbocycles. The Balaban J connectivity index is 2.44. The summed E-state index contributed by atoms with van der Waals surface area (Å²) in [6.45, 7) is 0.492. The van der Waals surface area contributed by atoms with Gasteiger partial charge < -0.3 is 0 Å². The predicted molar refractivity (Wildman–Crippen MR) is 81.6 cm³/mol. The van der Waals surface area contributed by atoms with E-state index in [0.29, 0.717) is 15.9 Å². The van der Waals surface area contributed by atoms with Crippen LogP contribution in [0.2, 0.25) is 0 Å². The van der Waals surface area contributed by atoms with Crippen LogP contribution in [-0.4, -0.2) is 20.3 Å². The Bertz CT molecular complexity index is 463. The van der Waals surface area contributed by atoms with Gasteiger partial charge in [-0.3, -0.25) is 0 Å². The molecule has 0 aliphatic heterocycles. The van der Waals surface area contributed by atoms with Crippen molar-refractivity contribution in [3.63, 3.8) is 0 Å². The fourth-order valence-corrected chi connectivity index (χ4v) is 3.99. The fraction of sp³-hybridized carbons (Fsp3) is 0.500. The minimum Gasteiger partial charge on any atom is -0.211 e. The largest absolute Gasteiger partial charge is 0.241 e. The molecule has 0 aliphatic rings. The molecule has 1 N–H and O–H groups in total. The van der Waals surface area contributed by atoms with Gasteiger partial charge in [-0.2, -0.15) is 0 Å². The van der Waals surface area contributed by atoms with Crippen molar-refractivity contribution < 1.29 is 8.42 Å². The lowest BCUT2D eigenvalue weighted by atomic mass is 10.2. The SMILES string of the molecule is O=S(=O)(NCCCCCCBr)c1ccccc1Br. The molecular formula is C12H17Br2NO2S. The monoisotopic (exact) mass is 397 g/mol. The highest BCUT2D eigenvalue weighted by Gasteiger charge is 2.15. The van der Waals surface area contributed by atoms with E-state index in [-0.39, 0.29) is 0 Å². The summed E-state index contributed by atoms with van der Waals surface area (Å²) in [6, 6.07) is 6.83. The maximum atomic E-state index is 12.0. The quantitative estimate of drug-likeness (QED) is 0.536. The minimum atomic E-state index is -3.39. The Hall–Kier alpha value is 0.0900. The van der Waals surface area contributed by atoms with E-state index >= 15 is 0 Å². The molecule has 0 radical (unpaired) electrons. The Kier molecular flexibility index (Phi) is 7.44. The normalized spacial score (nSPS) is 11.7. The molecule has 0 heterocycles. The van der Waals surface area contributed by atoms with Crippen LogP contribution in [0, 0.1) is 0 Å². The van der Waals surface area contributed by atoms with E-state index in [2.05, 4.69) is 36.6 Å². The molecule has 0 amide bonds. The van der Waals surface area contributed by atoms with Gasteiger partial charge in [0.05, 0.1) is 4.90 Å². The third-order valence-corrected chi connectivity index (χ3v) is 5.51. The average molecular weight is 399 g/mol. The van der Waals surface area contributed by atoms with Crippen molar-refractivity contribution in [3.05, 3.63) is 28.7 Å². The first-order chi connectivity index (χ1) is 8.58. The zero-order chi connectivity index (χ0) is 13.4. The second kappa shape index (κ2) is 8.30. The van der Waals surface area contributed by atoms with Gasteiger partial charge in [-0.05, 0) is 40.9 Å². The second-order valence-corrected chi connectivity index (χ2v) is 7.31. The molecule has 1 aromatic carbocycles. The zero-order valence-electron chi connectivity index (χ0n) is 10.0. The lowest BCUT2D eigenvalue weighted by Crippen LogP contribution is -2.25. The van der Waals surface area contributed by atoms with Crippen LogP contribution >= 0.6 is 31.9 Å². The van der Waals surface area contributed by atoms with Crippen molar-refractivity contribution in [2.45, 2.75) is 30.6 Å². The number of hydrogen-bond acceptors (Lipinski definition) is 2. The van der Waals surface area contributed by atoms with Crippen molar-refractivity contribution in [1.82, 2.24) is 4.72 Å². The number of halogens is 2. The summed E-state index contributed by atoms with van der Waals surface area (Å²) in [5, 5.41) is 1.01. The smallest absolute Gasteiger partial charge is 0.211 e. The van der Waals surface area contributed by atoms with Crippen LogP contribution in [0.25, 0.3) is 0 Å². The van der Waals surface area contributed by atoms with Gasteiger partial charge in [0.1, 0.15) is 0 Å². The fourth-order valence-electron chi connectivity index (χ4n) is 1.52.